The maximum Gasteiger partial charge on any atom is 0.152 e. The van der Waals surface area contributed by atoms with Gasteiger partial charge in [0.25, 0.3) is 0 Å². The normalized spacial score (nSPS) is 10.4. The summed E-state index contributed by atoms with van der Waals surface area (Å²) in [6.07, 6.45) is 2.42. The fraction of sp³-hybridized carbons (Fsp3) is 0.100. The van der Waals surface area contributed by atoms with Gasteiger partial charge in [-0.15, -0.1) is 11.3 Å². The van der Waals surface area contributed by atoms with Crippen LogP contribution in [0, 0.1) is 11.3 Å². The van der Waals surface area contributed by atoms with Crippen LogP contribution in [0.3, 0.4) is 0 Å². The molecule has 2 aromatic rings. The minimum atomic E-state index is -0.311. The minimum absolute atomic E-state index is 0.311. The Kier molecular flexibility index (Phi) is 2.79. The van der Waals surface area contributed by atoms with Gasteiger partial charge in [0.1, 0.15) is 5.82 Å². The highest BCUT2D eigenvalue weighted by atomic mass is 35.5. The molecule has 0 aliphatic heterocycles. The quantitative estimate of drug-likeness (QED) is 0.766. The molecule has 0 atom stereocenters. The average molecular weight is 227 g/mol. The molecule has 0 amide bonds. The van der Waals surface area contributed by atoms with Gasteiger partial charge in [-0.3, -0.25) is 0 Å². The van der Waals surface area contributed by atoms with E-state index in [1.165, 1.54) is 23.5 Å². The first kappa shape index (κ1) is 9.62. The minimum Gasteiger partial charge on any atom is -0.242 e. The number of halogens is 2. The first-order chi connectivity index (χ1) is 6.75. The Morgan fingerprint density at radius 1 is 1.50 bits per heavy atom. The molecule has 1 radical (unpaired) electrons. The predicted molar refractivity (Wildman–Crippen MR) is 55.2 cm³/mol. The highest BCUT2D eigenvalue weighted by Gasteiger charge is 2.04. The average Bonchev–Trinajstić information content (AvgIpc) is 2.62. The lowest BCUT2D eigenvalue weighted by Gasteiger charge is -2.01. The summed E-state index contributed by atoms with van der Waals surface area (Å²) in [5.41, 5.74) is 3.66. The number of hydrogen-bond donors (Lipinski definition) is 0. The van der Waals surface area contributed by atoms with Gasteiger partial charge in [0.2, 0.25) is 0 Å². The number of thiazole rings is 1. The van der Waals surface area contributed by atoms with Crippen molar-refractivity contribution in [3.8, 4) is 0 Å². The number of rotatable bonds is 2. The van der Waals surface area contributed by atoms with Crippen LogP contribution in [-0.2, 0) is 6.42 Å². The van der Waals surface area contributed by atoms with E-state index in [-0.39, 0.29) is 5.82 Å². The molecule has 71 valence electrons. The molecule has 0 bridgehead atoms. The Balaban J connectivity index is 2.25. The summed E-state index contributed by atoms with van der Waals surface area (Å²) in [4.78, 5) is 4.91. The van der Waals surface area contributed by atoms with Gasteiger partial charge in [-0.05, 0) is 17.7 Å². The fourth-order valence-corrected chi connectivity index (χ4v) is 1.93. The van der Waals surface area contributed by atoms with Gasteiger partial charge in [0.05, 0.1) is 0 Å². The third kappa shape index (κ3) is 2.11. The summed E-state index contributed by atoms with van der Waals surface area (Å²) in [6.45, 7) is 0. The fourth-order valence-electron chi connectivity index (χ4n) is 1.14. The van der Waals surface area contributed by atoms with Crippen LogP contribution >= 0.6 is 22.9 Å². The van der Waals surface area contributed by atoms with Gasteiger partial charge in [-0.2, -0.15) is 0 Å². The second-order valence-corrected chi connectivity index (χ2v) is 4.15. The summed E-state index contributed by atoms with van der Waals surface area (Å²) in [6, 6.07) is 4.42. The van der Waals surface area contributed by atoms with Crippen LogP contribution in [0.5, 0.6) is 0 Å². The number of aromatic nitrogens is 1. The van der Waals surface area contributed by atoms with Crippen molar-refractivity contribution in [1.82, 2.24) is 4.98 Å². The molecule has 0 fully saturated rings. The Hall–Kier alpha value is -0.930. The molecule has 0 unspecified atom stereocenters. The van der Waals surface area contributed by atoms with Crippen LogP contribution in [0.4, 0.5) is 4.39 Å². The molecule has 4 heteroatoms. The summed E-state index contributed by atoms with van der Waals surface area (Å²) in [7, 11) is 0. The first-order valence-corrected chi connectivity index (χ1v) is 5.20. The van der Waals surface area contributed by atoms with E-state index in [9.17, 15) is 4.39 Å². The van der Waals surface area contributed by atoms with Gasteiger partial charge in [0, 0.05) is 22.5 Å². The van der Waals surface area contributed by atoms with Crippen molar-refractivity contribution in [2.24, 2.45) is 0 Å². The van der Waals surface area contributed by atoms with Crippen LogP contribution in [-0.4, -0.2) is 4.98 Å². The maximum atomic E-state index is 12.7. The molecule has 0 aliphatic rings. The van der Waals surface area contributed by atoms with E-state index < -0.39 is 0 Å². The van der Waals surface area contributed by atoms with Gasteiger partial charge in [-0.1, -0.05) is 17.7 Å². The first-order valence-electron chi connectivity index (χ1n) is 4.00. The van der Waals surface area contributed by atoms with Crippen molar-refractivity contribution < 1.29 is 4.39 Å². The van der Waals surface area contributed by atoms with E-state index in [4.69, 9.17) is 11.6 Å². The van der Waals surface area contributed by atoms with Gasteiger partial charge in [-0.25, -0.2) is 9.37 Å². The predicted octanol–water partition coefficient (Wildman–Crippen LogP) is 3.33. The monoisotopic (exact) mass is 226 g/mol. The van der Waals surface area contributed by atoms with Crippen molar-refractivity contribution in [1.29, 1.82) is 0 Å². The lowest BCUT2D eigenvalue weighted by molar-refractivity contribution is 0.627. The second-order valence-electron chi connectivity index (χ2n) is 2.83. The molecule has 1 nitrogen and oxygen atoms in total. The molecule has 1 aromatic heterocycles. The smallest absolute Gasteiger partial charge is 0.152 e. The number of benzene rings is 1. The van der Waals surface area contributed by atoms with Gasteiger partial charge in [0.15, 0.2) is 5.51 Å². The van der Waals surface area contributed by atoms with E-state index in [1.54, 1.807) is 12.3 Å². The zero-order valence-corrected chi connectivity index (χ0v) is 8.70. The molecule has 0 saturated heterocycles. The number of nitrogens with zero attached hydrogens (tertiary/aromatic N) is 1. The van der Waals surface area contributed by atoms with E-state index in [2.05, 4.69) is 10.5 Å². The van der Waals surface area contributed by atoms with Crippen LogP contribution in [0.1, 0.15) is 10.4 Å². The van der Waals surface area contributed by atoms with E-state index in [0.29, 0.717) is 11.4 Å². The summed E-state index contributed by atoms with van der Waals surface area (Å²) in [5.74, 6) is -0.311. The molecule has 1 heterocycles. The third-order valence-electron chi connectivity index (χ3n) is 1.82. The Labute approximate surface area is 90.2 Å². The summed E-state index contributed by atoms with van der Waals surface area (Å²) < 4.78 is 12.7. The van der Waals surface area contributed by atoms with E-state index >= 15 is 0 Å². The zero-order valence-electron chi connectivity index (χ0n) is 7.13. The Morgan fingerprint density at radius 2 is 2.36 bits per heavy atom. The van der Waals surface area contributed by atoms with Gasteiger partial charge >= 0.3 is 0 Å². The standard InChI is InChI=1S/C10H6ClFNS/c11-10-4-8(12)2-1-7(10)3-9-5-13-6-14-9/h1-2,4-5H,3H2. The third-order valence-corrected chi connectivity index (χ3v) is 2.88. The largest absolute Gasteiger partial charge is 0.242 e. The SMILES string of the molecule is Fc1ccc(Cc2cn[c]s2)c(Cl)c1. The molecule has 0 aliphatic carbocycles. The molecule has 1 aromatic carbocycles. The topological polar surface area (TPSA) is 12.9 Å². The van der Waals surface area contributed by atoms with Crippen molar-refractivity contribution in [3.63, 3.8) is 0 Å². The van der Waals surface area contributed by atoms with Crippen LogP contribution < -0.4 is 0 Å². The van der Waals surface area contributed by atoms with Crippen LogP contribution in [0.25, 0.3) is 0 Å². The molecule has 0 saturated carbocycles. The molecular formula is C10H6ClFNS. The highest BCUT2D eigenvalue weighted by Crippen LogP contribution is 2.21. The van der Waals surface area contributed by atoms with Gasteiger partial charge < -0.3 is 0 Å². The van der Waals surface area contributed by atoms with Crippen LogP contribution in [0.15, 0.2) is 24.4 Å². The molecule has 14 heavy (non-hydrogen) atoms. The Bertz CT molecular complexity index is 428. The second kappa shape index (κ2) is 4.07. The highest BCUT2D eigenvalue weighted by molar-refractivity contribution is 7.09. The lowest BCUT2D eigenvalue weighted by Crippen LogP contribution is -1.87. The van der Waals surface area contributed by atoms with Crippen molar-refractivity contribution in [2.75, 3.05) is 0 Å². The Morgan fingerprint density at radius 3 is 3.00 bits per heavy atom. The van der Waals surface area contributed by atoms with Crippen molar-refractivity contribution in [2.45, 2.75) is 6.42 Å². The summed E-state index contributed by atoms with van der Waals surface area (Å²) >= 11 is 7.32. The molecule has 0 N–H and O–H groups in total. The van der Waals surface area contributed by atoms with Crippen molar-refractivity contribution >= 4 is 22.9 Å². The van der Waals surface area contributed by atoms with E-state index in [1.807, 2.05) is 0 Å². The van der Waals surface area contributed by atoms with E-state index in [0.717, 1.165) is 10.4 Å². The zero-order chi connectivity index (χ0) is 9.97. The maximum absolute atomic E-state index is 12.7. The molecular weight excluding hydrogens is 221 g/mol. The van der Waals surface area contributed by atoms with Crippen molar-refractivity contribution in [3.05, 3.63) is 51.2 Å². The molecule has 2 rings (SSSR count). The summed E-state index contributed by atoms with van der Waals surface area (Å²) in [5, 5.41) is 0.457. The number of hydrogen-bond acceptors (Lipinski definition) is 2. The molecule has 0 spiro atoms. The lowest BCUT2D eigenvalue weighted by atomic mass is 10.1. The van der Waals surface area contributed by atoms with Crippen LogP contribution in [0.2, 0.25) is 5.02 Å².